The number of methoxy groups -OCH3 is 1. The van der Waals surface area contributed by atoms with Gasteiger partial charge in [-0.2, -0.15) is 15.2 Å². The molecule has 10 rings (SSSR count). The van der Waals surface area contributed by atoms with Crippen LogP contribution in [0.3, 0.4) is 0 Å². The van der Waals surface area contributed by atoms with Gasteiger partial charge in [0.15, 0.2) is 23.9 Å². The molecule has 22 nitrogen and oxygen atoms in total. The number of fused-ring (bicyclic) bond motifs is 2. The average molecular weight is 963 g/mol. The van der Waals surface area contributed by atoms with E-state index >= 15 is 8.78 Å². The van der Waals surface area contributed by atoms with Crippen LogP contribution in [0.2, 0.25) is 5.15 Å². The first kappa shape index (κ1) is 45.4. The van der Waals surface area contributed by atoms with Crippen molar-refractivity contribution >= 4 is 64.4 Å². The number of anilines is 5. The van der Waals surface area contributed by atoms with Crippen LogP contribution in [0.25, 0.3) is 11.3 Å². The minimum atomic E-state index is -1.60. The molecule has 5 N–H and O–H groups in total. The Hall–Kier alpha value is -6.37. The molecule has 2 aliphatic heterocycles. The Kier molecular flexibility index (Phi) is 12.4. The minimum absolute atomic E-state index is 0.0891. The molecule has 0 bridgehead atoms. The summed E-state index contributed by atoms with van der Waals surface area (Å²) in [5.74, 6) is 1.68. The van der Waals surface area contributed by atoms with Crippen molar-refractivity contribution in [2.75, 3.05) is 55.4 Å². The maximum atomic E-state index is 16.3. The normalized spacial score (nSPS) is 23.7. The van der Waals surface area contributed by atoms with E-state index in [0.29, 0.717) is 110 Å². The predicted octanol–water partition coefficient (Wildman–Crippen LogP) is 5.53. The van der Waals surface area contributed by atoms with Crippen molar-refractivity contribution < 1.29 is 37.3 Å². The van der Waals surface area contributed by atoms with Crippen LogP contribution >= 0.6 is 11.6 Å². The fourth-order valence-electron chi connectivity index (χ4n) is 8.89. The standard InChI is InChI=1S/C43H53ClF2N16O6/c1-23(2)48-41(63)67-28-6-5-25(36(28)45)27-16-32(52-39-50-30(44)17-35-49-24(20-65-4)19-61(35)39)57-62(27)22-58-11-13-59(14-12-58)34-18-33-47-9-10-60(33)40(53-34)51-31-15-26(55-56-31)38-37(46)29(21-66-38)68-42(64)54-43(3)7-8-43/h9-10,15-19,23,25,28-29,36-38H,5-8,11-14,20-22H2,1-4H3,(H,48,63)(H,54,64)(H,50,52,57)(H2,51,53,55,56)/t25-,28-,29-,36-,37-,38-/m1/s1. The van der Waals surface area contributed by atoms with Gasteiger partial charge >= 0.3 is 12.2 Å². The molecule has 2 saturated carbocycles. The van der Waals surface area contributed by atoms with E-state index in [1.54, 1.807) is 51.3 Å². The van der Waals surface area contributed by atoms with Gasteiger partial charge in [0.1, 0.15) is 40.6 Å². The van der Waals surface area contributed by atoms with Gasteiger partial charge in [0, 0.05) is 99.3 Å². The number of amides is 2. The summed E-state index contributed by atoms with van der Waals surface area (Å²) in [7, 11) is 1.59. The Morgan fingerprint density at radius 3 is 2.50 bits per heavy atom. The molecule has 25 heteroatoms. The topological polar surface area (TPSA) is 233 Å². The minimum Gasteiger partial charge on any atom is -0.443 e. The van der Waals surface area contributed by atoms with Gasteiger partial charge in [-0.1, -0.05) is 11.6 Å². The van der Waals surface area contributed by atoms with Crippen LogP contribution in [-0.4, -0.2) is 142 Å². The summed E-state index contributed by atoms with van der Waals surface area (Å²) in [6.07, 6.45) is 0.396. The number of nitrogens with zero attached hydrogens (tertiary/aromatic N) is 11. The molecule has 0 aromatic carbocycles. The molecule has 4 aliphatic rings. The van der Waals surface area contributed by atoms with Crippen LogP contribution in [-0.2, 0) is 32.2 Å². The highest BCUT2D eigenvalue weighted by Gasteiger charge is 2.45. The number of alkyl carbamates (subject to hydrolysis) is 2. The van der Waals surface area contributed by atoms with Crippen molar-refractivity contribution in [2.24, 2.45) is 0 Å². The van der Waals surface area contributed by atoms with E-state index in [4.69, 9.17) is 40.6 Å². The summed E-state index contributed by atoms with van der Waals surface area (Å²) in [6.45, 7) is 8.52. The van der Waals surface area contributed by atoms with Gasteiger partial charge in [-0.15, -0.1) is 0 Å². The highest BCUT2D eigenvalue weighted by molar-refractivity contribution is 6.29. The molecule has 4 fully saturated rings. The van der Waals surface area contributed by atoms with Crippen molar-refractivity contribution in [2.45, 2.75) is 108 Å². The number of ether oxygens (including phenoxy) is 4. The van der Waals surface area contributed by atoms with Crippen LogP contribution in [0.1, 0.15) is 75.6 Å². The summed E-state index contributed by atoms with van der Waals surface area (Å²) in [5.41, 5.74) is 2.63. The Morgan fingerprint density at radius 2 is 1.72 bits per heavy atom. The van der Waals surface area contributed by atoms with Crippen molar-refractivity contribution in [1.29, 1.82) is 0 Å². The molecule has 2 saturated heterocycles. The maximum Gasteiger partial charge on any atom is 0.408 e. The highest BCUT2D eigenvalue weighted by Crippen LogP contribution is 2.40. The molecule has 0 radical (unpaired) electrons. The van der Waals surface area contributed by atoms with Gasteiger partial charge in [0.05, 0.1) is 31.3 Å². The third-order valence-corrected chi connectivity index (χ3v) is 12.9. The van der Waals surface area contributed by atoms with E-state index in [9.17, 15) is 9.59 Å². The number of carbonyl (C=O) groups excluding carboxylic acids is 2. The SMILES string of the molecule is COCc1cn2c(Nc3cc([C@H]4CC[C@@H](OC(=O)NC(C)C)[C@@H]4F)n(CN4CCN(c5cc6nccn6c(Nc6cc([C@H]7OC[C@@H](OC(=O)NC8(C)CC8)[C@H]7F)[nH]n6)n5)CC4)n3)nc(Cl)cc2n1. The lowest BCUT2D eigenvalue weighted by molar-refractivity contribution is 0.0549. The second-order valence-corrected chi connectivity index (χ2v) is 18.6. The number of aromatic amines is 1. The van der Waals surface area contributed by atoms with Crippen LogP contribution in [0.4, 0.5) is 47.7 Å². The Labute approximate surface area is 393 Å². The highest BCUT2D eigenvalue weighted by atomic mass is 35.5. The average Bonchev–Trinajstić information content (AvgIpc) is 4.01. The van der Waals surface area contributed by atoms with E-state index in [1.165, 1.54) is 0 Å². The second-order valence-electron chi connectivity index (χ2n) is 18.2. The van der Waals surface area contributed by atoms with Crippen LogP contribution in [0, 0.1) is 0 Å². The van der Waals surface area contributed by atoms with Crippen LogP contribution in [0.15, 0.2) is 42.9 Å². The molecule has 6 aromatic heterocycles. The molecule has 2 amide bonds. The molecule has 68 heavy (non-hydrogen) atoms. The number of piperazine rings is 1. The number of nitrogens with one attached hydrogen (secondary N) is 5. The van der Waals surface area contributed by atoms with Gasteiger partial charge in [-0.25, -0.2) is 33.3 Å². The molecule has 6 aromatic rings. The van der Waals surface area contributed by atoms with Crippen LogP contribution in [0.5, 0.6) is 0 Å². The fourth-order valence-corrected chi connectivity index (χ4v) is 9.07. The van der Waals surface area contributed by atoms with Gasteiger partial charge in [-0.3, -0.25) is 23.5 Å². The lowest BCUT2D eigenvalue weighted by Gasteiger charge is -2.35. The first-order valence-electron chi connectivity index (χ1n) is 22.7. The molecule has 8 heterocycles. The molecule has 2 aliphatic carbocycles. The van der Waals surface area contributed by atoms with Gasteiger partial charge < -0.3 is 45.1 Å². The number of aromatic nitrogens is 10. The van der Waals surface area contributed by atoms with Gasteiger partial charge in [0.2, 0.25) is 11.9 Å². The maximum absolute atomic E-state index is 16.3. The first-order valence-corrected chi connectivity index (χ1v) is 23.0. The van der Waals surface area contributed by atoms with E-state index in [2.05, 4.69) is 56.2 Å². The van der Waals surface area contributed by atoms with Crippen LogP contribution < -0.4 is 26.2 Å². The number of imidazole rings is 2. The number of carbonyl (C=O) groups is 2. The van der Waals surface area contributed by atoms with E-state index in [1.807, 2.05) is 32.9 Å². The Morgan fingerprint density at radius 1 is 0.941 bits per heavy atom. The summed E-state index contributed by atoms with van der Waals surface area (Å²) in [5, 5.41) is 24.4. The molecule has 362 valence electrons. The number of alkyl halides is 2. The quantitative estimate of drug-likeness (QED) is 0.0796. The summed E-state index contributed by atoms with van der Waals surface area (Å²) < 4.78 is 59.1. The largest absolute Gasteiger partial charge is 0.443 e. The number of halogens is 3. The number of hydrogen-bond acceptors (Lipinski definition) is 16. The third-order valence-electron chi connectivity index (χ3n) is 12.7. The molecular weight excluding hydrogens is 910 g/mol. The van der Waals surface area contributed by atoms with Crippen molar-refractivity contribution in [3.05, 3.63) is 65.1 Å². The predicted molar refractivity (Wildman–Crippen MR) is 243 cm³/mol. The lowest BCUT2D eigenvalue weighted by Crippen LogP contribution is -2.47. The zero-order chi connectivity index (χ0) is 47.3. The molecule has 0 spiro atoms. The van der Waals surface area contributed by atoms with E-state index in [-0.39, 0.29) is 23.3 Å². The summed E-state index contributed by atoms with van der Waals surface area (Å²) in [4.78, 5) is 47.8. The monoisotopic (exact) mass is 962 g/mol. The smallest absolute Gasteiger partial charge is 0.408 e. The number of H-pyrrole nitrogens is 1. The molecule has 0 unspecified atom stereocenters. The zero-order valence-electron chi connectivity index (χ0n) is 37.9. The number of hydrogen-bond donors (Lipinski definition) is 5. The summed E-state index contributed by atoms with van der Waals surface area (Å²) in [6, 6.07) is 6.85. The third kappa shape index (κ3) is 9.67. The molecule has 6 atom stereocenters. The van der Waals surface area contributed by atoms with E-state index < -0.39 is 48.8 Å². The second kappa shape index (κ2) is 18.6. The lowest BCUT2D eigenvalue weighted by atomic mass is 10.0. The fraction of sp³-hybridized carbons (Fsp3) is 0.535. The molecular formula is C43H53ClF2N16O6. The van der Waals surface area contributed by atoms with Gasteiger partial charge in [0.25, 0.3) is 0 Å². The Balaban J connectivity index is 0.827. The van der Waals surface area contributed by atoms with E-state index in [0.717, 1.165) is 12.8 Å². The first-order chi connectivity index (χ1) is 32.8. The summed E-state index contributed by atoms with van der Waals surface area (Å²) >= 11 is 6.42. The van der Waals surface area contributed by atoms with Crippen molar-refractivity contribution in [3.63, 3.8) is 0 Å². The Bertz CT molecular complexity index is 2790. The van der Waals surface area contributed by atoms with Crippen molar-refractivity contribution in [3.8, 4) is 0 Å². The van der Waals surface area contributed by atoms with Crippen molar-refractivity contribution in [1.82, 2.24) is 64.2 Å². The van der Waals surface area contributed by atoms with Gasteiger partial charge in [-0.05, 0) is 46.5 Å². The number of rotatable bonds is 15. The zero-order valence-corrected chi connectivity index (χ0v) is 38.6.